The molecule has 0 heterocycles. The van der Waals surface area contributed by atoms with Crippen LogP contribution in [0.15, 0.2) is 48.8 Å². The molecule has 0 aliphatic rings. The molecule has 13 heavy (non-hydrogen) atoms. The Morgan fingerprint density at radius 3 is 2.46 bits per heavy atom. The molecule has 0 saturated carbocycles. The second-order valence-corrected chi connectivity index (χ2v) is 2.90. The maximum absolute atomic E-state index is 11.9. The van der Waals surface area contributed by atoms with Gasteiger partial charge >= 0.3 is 0 Å². The Labute approximate surface area is 76.3 Å². The lowest BCUT2D eigenvalue weighted by Gasteiger charge is -1.97. The summed E-state index contributed by atoms with van der Waals surface area (Å²) >= 11 is 0. The fourth-order valence-electron chi connectivity index (χ4n) is 1.38. The Hall–Kier alpha value is -1.63. The van der Waals surface area contributed by atoms with Gasteiger partial charge in [0, 0.05) is 0 Å². The maximum atomic E-state index is 11.9. The largest absolute Gasteiger partial charge is 0.216 e. The smallest absolute Gasteiger partial charge is 0.0872 e. The van der Waals surface area contributed by atoms with E-state index in [2.05, 4.69) is 0 Å². The van der Waals surface area contributed by atoms with Crippen molar-refractivity contribution in [3.05, 3.63) is 54.4 Å². The van der Waals surface area contributed by atoms with Crippen molar-refractivity contribution < 1.29 is 4.39 Å². The van der Waals surface area contributed by atoms with Gasteiger partial charge in [0.15, 0.2) is 0 Å². The van der Waals surface area contributed by atoms with Crippen LogP contribution in [0.5, 0.6) is 0 Å². The summed E-state index contributed by atoms with van der Waals surface area (Å²) in [6.45, 7) is 0. The molecule has 0 amide bonds. The van der Waals surface area contributed by atoms with Gasteiger partial charge in [0.2, 0.25) is 0 Å². The molecule has 0 bridgehead atoms. The molecule has 0 unspecified atom stereocenters. The van der Waals surface area contributed by atoms with Gasteiger partial charge in [-0.3, -0.25) is 0 Å². The third-order valence-corrected chi connectivity index (χ3v) is 2.03. The first-order valence-corrected chi connectivity index (χ1v) is 4.16. The van der Waals surface area contributed by atoms with E-state index in [4.69, 9.17) is 0 Å². The Balaban J connectivity index is 2.62. The molecule has 2 aromatic carbocycles. The van der Waals surface area contributed by atoms with Crippen molar-refractivity contribution in [1.82, 2.24) is 0 Å². The van der Waals surface area contributed by atoms with Crippen LogP contribution in [-0.2, 0) is 0 Å². The summed E-state index contributed by atoms with van der Waals surface area (Å²) in [5.41, 5.74) is 0.890. The monoisotopic (exact) mass is 172 g/mol. The highest BCUT2D eigenvalue weighted by Crippen LogP contribution is 2.16. The normalized spacial score (nSPS) is 11.2. The Morgan fingerprint density at radius 1 is 0.923 bits per heavy atom. The van der Waals surface area contributed by atoms with E-state index in [1.165, 1.54) is 11.5 Å². The third-order valence-electron chi connectivity index (χ3n) is 2.03. The predicted octanol–water partition coefficient (Wildman–Crippen LogP) is 3.78. The summed E-state index contributed by atoms with van der Waals surface area (Å²) in [7, 11) is 0. The topological polar surface area (TPSA) is 0 Å². The van der Waals surface area contributed by atoms with Crippen LogP contribution in [-0.4, -0.2) is 0 Å². The first kappa shape index (κ1) is 7.99. The van der Waals surface area contributed by atoms with Gasteiger partial charge in [-0.25, -0.2) is 4.39 Å². The van der Waals surface area contributed by atoms with Gasteiger partial charge in [0.25, 0.3) is 0 Å². The van der Waals surface area contributed by atoms with Crippen molar-refractivity contribution in [2.24, 2.45) is 0 Å². The lowest BCUT2D eigenvalue weighted by Crippen LogP contribution is -1.74. The van der Waals surface area contributed by atoms with E-state index in [9.17, 15) is 4.39 Å². The van der Waals surface area contributed by atoms with Gasteiger partial charge in [-0.1, -0.05) is 36.4 Å². The number of rotatable bonds is 1. The van der Waals surface area contributed by atoms with Gasteiger partial charge in [-0.15, -0.1) is 0 Å². The molecule has 64 valence electrons. The van der Waals surface area contributed by atoms with E-state index in [1.54, 1.807) is 0 Å². The molecule has 0 aliphatic heterocycles. The minimum absolute atomic E-state index is 0.560. The number of benzene rings is 2. The summed E-state index contributed by atoms with van der Waals surface area (Å²) in [5.74, 6) is 0. The Morgan fingerprint density at radius 2 is 1.69 bits per heavy atom. The third kappa shape index (κ3) is 1.59. The van der Waals surface area contributed by atoms with E-state index < -0.39 is 0 Å². The lowest BCUT2D eigenvalue weighted by atomic mass is 10.1. The maximum Gasteiger partial charge on any atom is 0.0872 e. The molecule has 0 saturated heterocycles. The molecule has 0 N–H and O–H groups in total. The zero-order chi connectivity index (χ0) is 9.10. The fourth-order valence-corrected chi connectivity index (χ4v) is 1.38. The van der Waals surface area contributed by atoms with Crippen LogP contribution in [0.2, 0.25) is 0 Å². The standard InChI is InChI=1S/C12H9F/c13-8-7-10-5-6-11-3-1-2-4-12(11)9-10/h1-9H/b8-7-. The molecule has 0 aromatic heterocycles. The number of hydrogen-bond donors (Lipinski definition) is 0. The molecule has 2 aromatic rings. The van der Waals surface area contributed by atoms with Crippen molar-refractivity contribution in [3.63, 3.8) is 0 Å². The molecule has 0 radical (unpaired) electrons. The molecule has 0 spiro atoms. The molecular formula is C12H9F. The van der Waals surface area contributed by atoms with Crippen molar-refractivity contribution >= 4 is 16.8 Å². The van der Waals surface area contributed by atoms with Crippen molar-refractivity contribution in [1.29, 1.82) is 0 Å². The predicted molar refractivity (Wildman–Crippen MR) is 54.1 cm³/mol. The van der Waals surface area contributed by atoms with Gasteiger partial charge in [0.05, 0.1) is 6.33 Å². The average Bonchev–Trinajstić information content (AvgIpc) is 2.18. The minimum Gasteiger partial charge on any atom is -0.216 e. The van der Waals surface area contributed by atoms with Crippen LogP contribution in [0, 0.1) is 0 Å². The molecule has 2 rings (SSSR count). The number of hydrogen-bond acceptors (Lipinski definition) is 0. The van der Waals surface area contributed by atoms with Crippen molar-refractivity contribution in [2.75, 3.05) is 0 Å². The first-order valence-electron chi connectivity index (χ1n) is 4.16. The van der Waals surface area contributed by atoms with E-state index >= 15 is 0 Å². The first-order chi connectivity index (χ1) is 6.40. The number of halogens is 1. The van der Waals surface area contributed by atoms with Crippen molar-refractivity contribution in [2.45, 2.75) is 0 Å². The van der Waals surface area contributed by atoms with Gasteiger partial charge in [0.1, 0.15) is 0 Å². The summed E-state index contributed by atoms with van der Waals surface area (Å²) in [4.78, 5) is 0. The average molecular weight is 172 g/mol. The zero-order valence-electron chi connectivity index (χ0n) is 7.07. The van der Waals surface area contributed by atoms with Crippen LogP contribution >= 0.6 is 0 Å². The second-order valence-electron chi connectivity index (χ2n) is 2.90. The van der Waals surface area contributed by atoms with E-state index in [0.717, 1.165) is 10.9 Å². The Kier molecular flexibility index (Phi) is 2.09. The van der Waals surface area contributed by atoms with E-state index in [1.807, 2.05) is 42.5 Å². The van der Waals surface area contributed by atoms with Crippen LogP contribution in [0.3, 0.4) is 0 Å². The highest BCUT2D eigenvalue weighted by atomic mass is 19.1. The highest BCUT2D eigenvalue weighted by molar-refractivity contribution is 5.84. The SMILES string of the molecule is F/C=C\c1ccc2ccccc2c1. The lowest BCUT2D eigenvalue weighted by molar-refractivity contribution is 0.727. The molecule has 0 atom stereocenters. The van der Waals surface area contributed by atoms with Crippen molar-refractivity contribution in [3.8, 4) is 0 Å². The van der Waals surface area contributed by atoms with Crippen LogP contribution < -0.4 is 0 Å². The minimum atomic E-state index is 0.560. The van der Waals surface area contributed by atoms with Crippen LogP contribution in [0.1, 0.15) is 5.56 Å². The molecule has 1 heteroatoms. The molecule has 0 nitrogen and oxygen atoms in total. The van der Waals surface area contributed by atoms with Crippen LogP contribution in [0.25, 0.3) is 16.8 Å². The van der Waals surface area contributed by atoms with Gasteiger partial charge < -0.3 is 0 Å². The summed E-state index contributed by atoms with van der Waals surface area (Å²) < 4.78 is 11.9. The van der Waals surface area contributed by atoms with E-state index in [-0.39, 0.29) is 0 Å². The zero-order valence-corrected chi connectivity index (χ0v) is 7.07. The van der Waals surface area contributed by atoms with Gasteiger partial charge in [-0.05, 0) is 28.5 Å². The summed E-state index contributed by atoms with van der Waals surface area (Å²) in [6, 6.07) is 13.9. The Bertz CT molecular complexity index is 444. The highest BCUT2D eigenvalue weighted by Gasteiger charge is 1.91. The molecule has 0 aliphatic carbocycles. The molecule has 0 fully saturated rings. The van der Waals surface area contributed by atoms with Gasteiger partial charge in [-0.2, -0.15) is 0 Å². The van der Waals surface area contributed by atoms with E-state index in [0.29, 0.717) is 6.33 Å². The van der Waals surface area contributed by atoms with Crippen LogP contribution in [0.4, 0.5) is 4.39 Å². The summed E-state index contributed by atoms with van der Waals surface area (Å²) in [6.07, 6.45) is 2.01. The quantitative estimate of drug-likeness (QED) is 0.614. The second kappa shape index (κ2) is 3.40. The number of fused-ring (bicyclic) bond motifs is 1. The fraction of sp³-hybridized carbons (Fsp3) is 0. The molecular weight excluding hydrogens is 163 g/mol. The summed E-state index contributed by atoms with van der Waals surface area (Å²) in [5, 5.41) is 2.32.